The summed E-state index contributed by atoms with van der Waals surface area (Å²) in [6.45, 7) is 8.80. The number of likely N-dealkylation sites (tertiary alicyclic amines) is 1. The van der Waals surface area contributed by atoms with Gasteiger partial charge in [-0.3, -0.25) is 9.59 Å². The summed E-state index contributed by atoms with van der Waals surface area (Å²) in [5, 5.41) is 10.9. The van der Waals surface area contributed by atoms with Gasteiger partial charge >= 0.3 is 12.2 Å². The molecule has 1 aliphatic heterocycles. The maximum atomic E-state index is 14.1. The first-order chi connectivity index (χ1) is 29.4. The van der Waals surface area contributed by atoms with Gasteiger partial charge in [0, 0.05) is 50.6 Å². The monoisotopic (exact) mass is 867 g/mol. The van der Waals surface area contributed by atoms with Crippen molar-refractivity contribution in [2.24, 2.45) is 5.92 Å². The molecule has 14 nitrogen and oxygen atoms in total. The van der Waals surface area contributed by atoms with Crippen LogP contribution in [0.1, 0.15) is 63.4 Å². The Morgan fingerprint density at radius 2 is 1.77 bits per heavy atom. The average Bonchev–Trinajstić information content (AvgIpc) is 4.07. The van der Waals surface area contributed by atoms with Crippen LogP contribution in [0.4, 0.5) is 9.59 Å². The van der Waals surface area contributed by atoms with Crippen molar-refractivity contribution in [1.29, 1.82) is 0 Å². The third-order valence-electron chi connectivity index (χ3n) is 11.6. The topological polar surface area (TPSA) is 181 Å². The summed E-state index contributed by atoms with van der Waals surface area (Å²) in [6.07, 6.45) is 6.01. The molecule has 2 aromatic heterocycles. The first-order valence-electron chi connectivity index (χ1n) is 20.5. The maximum absolute atomic E-state index is 14.1. The Morgan fingerprint density at radius 1 is 1.05 bits per heavy atom. The van der Waals surface area contributed by atoms with Crippen LogP contribution in [0, 0.1) is 5.92 Å². The molecule has 7 rings (SSSR count). The van der Waals surface area contributed by atoms with E-state index < -0.39 is 29.4 Å². The summed E-state index contributed by atoms with van der Waals surface area (Å²) < 4.78 is 23.7. The number of thiophene rings is 1. The summed E-state index contributed by atoms with van der Waals surface area (Å²) in [5.74, 6) is 0.843. The second-order valence-corrected chi connectivity index (χ2v) is 18.3. The minimum absolute atomic E-state index is 0.0486. The fourth-order valence-corrected chi connectivity index (χ4v) is 10.5. The number of H-pyrrole nitrogens is 1. The van der Waals surface area contributed by atoms with Gasteiger partial charge in [0.05, 0.1) is 44.1 Å². The summed E-state index contributed by atoms with van der Waals surface area (Å²) >= 11 is 0.599. The highest BCUT2D eigenvalue weighted by Gasteiger charge is 2.51. The second-order valence-electron chi connectivity index (χ2n) is 15.6. The van der Waals surface area contributed by atoms with E-state index in [1.807, 2.05) is 30.9 Å². The number of nitrogens with one attached hydrogen (secondary N) is 4. The molecule has 0 spiro atoms. The maximum Gasteiger partial charge on any atom is 0.407 e. The predicted molar refractivity (Wildman–Crippen MR) is 241 cm³/mol. The third-order valence-corrected chi connectivity index (χ3v) is 13.5. The molecule has 1 unspecified atom stereocenters. The molecule has 2 bridgehead atoms. The summed E-state index contributed by atoms with van der Waals surface area (Å²) in [4.78, 5) is 62.8. The zero-order chi connectivity index (χ0) is 43.4. The molecule has 322 valence electrons. The Bertz CT molecular complexity index is 2500. The first-order valence-corrected chi connectivity index (χ1v) is 23.1. The number of hydrogen-bond acceptors (Lipinski definition) is 10. The van der Waals surface area contributed by atoms with E-state index in [0.717, 1.165) is 79.7 Å². The van der Waals surface area contributed by atoms with Gasteiger partial charge in [-0.05, 0) is 79.5 Å². The highest BCUT2D eigenvalue weighted by molar-refractivity contribution is 7.90. The smallest absolute Gasteiger partial charge is 0.407 e. The van der Waals surface area contributed by atoms with Gasteiger partial charge in [0.2, 0.25) is 11.8 Å². The van der Waals surface area contributed by atoms with Gasteiger partial charge in [0.1, 0.15) is 24.2 Å². The number of ether oxygens (including phenoxy) is 2. The normalized spacial score (nSPS) is 18.3. The molecule has 2 fully saturated rings. The average molecular weight is 868 g/mol. The standard InChI is InChI=1S/C45H53N7O7S2/c1-7-18-51(40(53)24-46-44(55)58-4)25-26(3)47-34(8-2)29-11-15-33-32-14-10-28(22-38(32)60-39(33)23-29)27-12-16-35-37(21-27)49-42(48-35)41-30-9-13-31(20-30)52(41)43(54)36(17-19-61(6)57)50-45(56)59-5/h8,10-12,14-16,21-23,30-31,36,41,47H,3,7,9,13,17-20,24-25H2,1-2,4-6H3,(H,46,55)(H,48,49)(H,50,56)/b34-8-/t30-,31+,36-,41-,61?/m0/s1. The van der Waals surface area contributed by atoms with Gasteiger partial charge in [-0.25, -0.2) is 14.6 Å². The lowest BCUT2D eigenvalue weighted by Gasteiger charge is -2.36. The number of amides is 4. The summed E-state index contributed by atoms with van der Waals surface area (Å²) in [5.41, 5.74) is 6.31. The molecule has 61 heavy (non-hydrogen) atoms. The zero-order valence-corrected chi connectivity index (χ0v) is 36.8. The number of aromatic amines is 1. The zero-order valence-electron chi connectivity index (χ0n) is 35.2. The van der Waals surface area contributed by atoms with E-state index in [1.54, 1.807) is 22.5 Å². The van der Waals surface area contributed by atoms with Crippen molar-refractivity contribution in [3.63, 3.8) is 0 Å². The molecule has 3 aromatic carbocycles. The fraction of sp³-hybridized carbons (Fsp3) is 0.400. The van der Waals surface area contributed by atoms with Crippen molar-refractivity contribution in [1.82, 2.24) is 35.7 Å². The fourth-order valence-electron chi connectivity index (χ4n) is 8.72. The van der Waals surface area contributed by atoms with E-state index in [-0.39, 0.29) is 55.1 Å². The Kier molecular flexibility index (Phi) is 13.5. The third kappa shape index (κ3) is 9.51. The predicted octanol–water partition coefficient (Wildman–Crippen LogP) is 7.20. The molecule has 5 aromatic rings. The lowest BCUT2D eigenvalue weighted by molar-refractivity contribution is -0.138. The van der Waals surface area contributed by atoms with Gasteiger partial charge in [0.15, 0.2) is 0 Å². The van der Waals surface area contributed by atoms with Crippen molar-refractivity contribution < 1.29 is 33.2 Å². The van der Waals surface area contributed by atoms with Crippen molar-refractivity contribution in [3.05, 3.63) is 84.3 Å². The number of alkyl carbamates (subject to hydrolysis) is 2. The number of allylic oxidation sites excluding steroid dienone is 1. The minimum atomic E-state index is -1.13. The number of hydrogen-bond donors (Lipinski definition) is 4. The molecule has 2 aliphatic rings. The largest absolute Gasteiger partial charge is 0.617 e. The number of rotatable bonds is 16. The number of imidazole rings is 1. The highest BCUT2D eigenvalue weighted by atomic mass is 32.2. The van der Waals surface area contributed by atoms with E-state index in [0.29, 0.717) is 12.2 Å². The summed E-state index contributed by atoms with van der Waals surface area (Å²) in [7, 11) is 2.52. The number of aromatic nitrogens is 2. The number of carbonyl (C=O) groups excluding carboxylic acids is 4. The van der Waals surface area contributed by atoms with E-state index in [4.69, 9.17) is 9.72 Å². The van der Waals surface area contributed by atoms with Crippen LogP contribution >= 0.6 is 11.3 Å². The Hall–Kier alpha value is -5.58. The van der Waals surface area contributed by atoms with E-state index in [1.165, 1.54) is 19.6 Å². The van der Waals surface area contributed by atoms with Gasteiger partial charge in [-0.2, -0.15) is 0 Å². The lowest BCUT2D eigenvalue weighted by atomic mass is 9.97. The van der Waals surface area contributed by atoms with Crippen LogP contribution in [-0.4, -0.2) is 106 Å². The van der Waals surface area contributed by atoms with Crippen LogP contribution in [0.25, 0.3) is 48.0 Å². The number of nitrogens with zero attached hydrogens (tertiary/aromatic N) is 3. The van der Waals surface area contributed by atoms with Crippen LogP contribution < -0.4 is 16.0 Å². The number of piperidine rings is 1. The van der Waals surface area contributed by atoms with E-state index in [9.17, 15) is 23.7 Å². The van der Waals surface area contributed by atoms with Gasteiger partial charge in [-0.15, -0.1) is 11.3 Å². The molecule has 0 radical (unpaired) electrons. The van der Waals surface area contributed by atoms with Crippen LogP contribution in [0.3, 0.4) is 0 Å². The van der Waals surface area contributed by atoms with Crippen molar-refractivity contribution in [3.8, 4) is 11.1 Å². The Labute approximate surface area is 362 Å². The van der Waals surface area contributed by atoms with Gasteiger partial charge < -0.3 is 44.8 Å². The molecular formula is C45H53N7O7S2. The molecule has 4 amide bonds. The number of benzene rings is 3. The number of methoxy groups -OCH3 is 2. The molecule has 1 saturated carbocycles. The SMILES string of the molecule is C=C(CN(CCC)C(=O)CNC(=O)OC)N/C(=C\C)c1ccc2c(c1)sc1cc(-c3ccc4nc([C@@H]5[C@H]6CC[C@H](C6)N5C(=O)[C@H](CC[S+](C)[O-])NC(=O)OC)[nH]c4c3)ccc12. The van der Waals surface area contributed by atoms with Crippen LogP contribution in [0.2, 0.25) is 0 Å². The molecule has 1 saturated heterocycles. The molecule has 1 aliphatic carbocycles. The molecule has 3 heterocycles. The first kappa shape index (κ1) is 43.5. The Morgan fingerprint density at radius 3 is 2.49 bits per heavy atom. The lowest BCUT2D eigenvalue weighted by Crippen LogP contribution is -2.52. The molecular weight excluding hydrogens is 815 g/mol. The van der Waals surface area contributed by atoms with Gasteiger partial charge in [0.25, 0.3) is 0 Å². The molecule has 4 N–H and O–H groups in total. The summed E-state index contributed by atoms with van der Waals surface area (Å²) in [6, 6.07) is 18.1. The number of carbonyl (C=O) groups is 4. The van der Waals surface area contributed by atoms with Crippen molar-refractivity contribution >= 4 is 83.4 Å². The van der Waals surface area contributed by atoms with Crippen LogP contribution in [0.5, 0.6) is 0 Å². The molecule has 5 atom stereocenters. The second kappa shape index (κ2) is 19.0. The van der Waals surface area contributed by atoms with Crippen LogP contribution in [0.15, 0.2) is 72.9 Å². The van der Waals surface area contributed by atoms with Crippen molar-refractivity contribution in [2.45, 2.75) is 64.1 Å². The van der Waals surface area contributed by atoms with Gasteiger partial charge in [-0.1, -0.05) is 61.1 Å². The quantitative estimate of drug-likeness (QED) is 0.0746. The Balaban J connectivity index is 1.09. The van der Waals surface area contributed by atoms with Crippen molar-refractivity contribution in [2.75, 3.05) is 45.9 Å². The number of fused-ring (bicyclic) bond motifs is 6. The van der Waals surface area contributed by atoms with E-state index >= 15 is 0 Å². The highest BCUT2D eigenvalue weighted by Crippen LogP contribution is 2.50. The molecule has 16 heteroatoms. The van der Waals surface area contributed by atoms with Crippen LogP contribution in [-0.2, 0) is 30.2 Å². The van der Waals surface area contributed by atoms with E-state index in [2.05, 4.69) is 80.8 Å². The minimum Gasteiger partial charge on any atom is -0.617 e.